The Kier molecular flexibility index (Phi) is 4.22. The average Bonchev–Trinajstić information content (AvgIpc) is 3.01. The second kappa shape index (κ2) is 5.48. The van der Waals surface area contributed by atoms with E-state index in [0.717, 1.165) is 38.2 Å². The lowest BCUT2D eigenvalue weighted by Crippen LogP contribution is -2.52. The van der Waals surface area contributed by atoms with Crippen molar-refractivity contribution >= 4 is 0 Å². The van der Waals surface area contributed by atoms with Crippen molar-refractivity contribution in [3.8, 4) is 0 Å². The van der Waals surface area contributed by atoms with Crippen molar-refractivity contribution in [3.05, 3.63) is 0 Å². The summed E-state index contributed by atoms with van der Waals surface area (Å²) in [4.78, 5) is 2.61. The van der Waals surface area contributed by atoms with Crippen LogP contribution in [0.25, 0.3) is 0 Å². The van der Waals surface area contributed by atoms with Gasteiger partial charge in [0.25, 0.3) is 0 Å². The molecule has 1 heterocycles. The van der Waals surface area contributed by atoms with Gasteiger partial charge in [0.1, 0.15) is 0 Å². The van der Waals surface area contributed by atoms with Gasteiger partial charge in [-0.3, -0.25) is 4.90 Å². The van der Waals surface area contributed by atoms with Gasteiger partial charge in [0.2, 0.25) is 0 Å². The molecule has 3 heteroatoms. The Morgan fingerprint density at radius 2 is 2.12 bits per heavy atom. The first-order valence-corrected chi connectivity index (χ1v) is 6.76. The van der Waals surface area contributed by atoms with Crippen LogP contribution in [0.3, 0.4) is 0 Å². The van der Waals surface area contributed by atoms with Crippen molar-refractivity contribution in [1.29, 1.82) is 0 Å². The number of rotatable bonds is 5. The molecule has 1 aliphatic heterocycles. The zero-order valence-corrected chi connectivity index (χ0v) is 10.9. The molecule has 0 spiro atoms. The van der Waals surface area contributed by atoms with Crippen LogP contribution in [0.5, 0.6) is 0 Å². The van der Waals surface area contributed by atoms with Gasteiger partial charge in [-0.05, 0) is 25.7 Å². The summed E-state index contributed by atoms with van der Waals surface area (Å²) in [6.07, 6.45) is 3.16. The number of morpholine rings is 1. The molecule has 94 valence electrons. The Morgan fingerprint density at radius 3 is 2.69 bits per heavy atom. The van der Waals surface area contributed by atoms with Gasteiger partial charge in [-0.1, -0.05) is 13.8 Å². The normalized spacial score (nSPS) is 29.6. The Morgan fingerprint density at radius 1 is 1.38 bits per heavy atom. The molecular formula is C13H26N2O. The molecule has 1 aliphatic carbocycles. The van der Waals surface area contributed by atoms with Crippen LogP contribution < -0.4 is 5.32 Å². The molecule has 1 saturated heterocycles. The summed E-state index contributed by atoms with van der Waals surface area (Å²) >= 11 is 0. The van der Waals surface area contributed by atoms with Gasteiger partial charge in [-0.25, -0.2) is 0 Å². The molecule has 3 nitrogen and oxygen atoms in total. The first-order valence-electron chi connectivity index (χ1n) is 6.76. The first-order chi connectivity index (χ1) is 7.66. The van der Waals surface area contributed by atoms with E-state index in [1.54, 1.807) is 0 Å². The maximum absolute atomic E-state index is 5.61. The number of nitrogens with one attached hydrogen (secondary N) is 1. The van der Waals surface area contributed by atoms with Crippen LogP contribution >= 0.6 is 0 Å². The monoisotopic (exact) mass is 226 g/mol. The second-order valence-electron chi connectivity index (χ2n) is 5.67. The molecular weight excluding hydrogens is 200 g/mol. The number of ether oxygens (including phenoxy) is 1. The zero-order chi connectivity index (χ0) is 11.5. The lowest BCUT2D eigenvalue weighted by molar-refractivity contribution is -0.0407. The predicted molar refractivity (Wildman–Crippen MR) is 66.6 cm³/mol. The molecule has 1 saturated carbocycles. The molecule has 2 unspecified atom stereocenters. The molecule has 2 atom stereocenters. The van der Waals surface area contributed by atoms with Crippen LogP contribution in [0, 0.1) is 5.92 Å². The topological polar surface area (TPSA) is 24.5 Å². The van der Waals surface area contributed by atoms with Gasteiger partial charge in [0.15, 0.2) is 0 Å². The fourth-order valence-corrected chi connectivity index (χ4v) is 2.51. The van der Waals surface area contributed by atoms with Crippen molar-refractivity contribution < 1.29 is 4.74 Å². The smallest absolute Gasteiger partial charge is 0.0674 e. The highest BCUT2D eigenvalue weighted by Crippen LogP contribution is 2.20. The predicted octanol–water partition coefficient (Wildman–Crippen LogP) is 1.48. The van der Waals surface area contributed by atoms with E-state index in [9.17, 15) is 0 Å². The van der Waals surface area contributed by atoms with Crippen LogP contribution in [0.4, 0.5) is 0 Å². The van der Waals surface area contributed by atoms with Crippen LogP contribution in [-0.4, -0.2) is 49.3 Å². The van der Waals surface area contributed by atoms with E-state index in [1.165, 1.54) is 12.8 Å². The molecule has 1 N–H and O–H groups in total. The molecule has 0 aromatic heterocycles. The van der Waals surface area contributed by atoms with Crippen LogP contribution in [-0.2, 0) is 4.74 Å². The summed E-state index contributed by atoms with van der Waals surface area (Å²) in [7, 11) is 0. The van der Waals surface area contributed by atoms with Crippen LogP contribution in [0.1, 0.15) is 33.6 Å². The van der Waals surface area contributed by atoms with E-state index in [0.29, 0.717) is 12.1 Å². The van der Waals surface area contributed by atoms with Crippen molar-refractivity contribution in [3.63, 3.8) is 0 Å². The fourth-order valence-electron chi connectivity index (χ4n) is 2.51. The molecule has 2 aliphatic rings. The number of hydrogen-bond donors (Lipinski definition) is 1. The number of nitrogens with zero attached hydrogens (tertiary/aromatic N) is 1. The number of hydrogen-bond acceptors (Lipinski definition) is 3. The van der Waals surface area contributed by atoms with E-state index < -0.39 is 0 Å². The van der Waals surface area contributed by atoms with Gasteiger partial charge < -0.3 is 10.1 Å². The van der Waals surface area contributed by atoms with E-state index in [-0.39, 0.29) is 0 Å². The zero-order valence-electron chi connectivity index (χ0n) is 10.9. The molecule has 2 fully saturated rings. The van der Waals surface area contributed by atoms with Gasteiger partial charge in [0, 0.05) is 31.7 Å². The Hall–Kier alpha value is -0.120. The average molecular weight is 226 g/mol. The van der Waals surface area contributed by atoms with E-state index >= 15 is 0 Å². The molecule has 0 amide bonds. The minimum atomic E-state index is 0.399. The Labute approximate surface area is 99.5 Å². The maximum atomic E-state index is 5.61. The first kappa shape index (κ1) is 12.3. The van der Waals surface area contributed by atoms with Crippen molar-refractivity contribution in [2.24, 2.45) is 5.92 Å². The Balaban J connectivity index is 1.83. The molecule has 0 radical (unpaired) electrons. The second-order valence-corrected chi connectivity index (χ2v) is 5.67. The van der Waals surface area contributed by atoms with Crippen molar-refractivity contribution in [2.45, 2.75) is 51.8 Å². The van der Waals surface area contributed by atoms with Crippen LogP contribution in [0.2, 0.25) is 0 Å². The summed E-state index contributed by atoms with van der Waals surface area (Å²) in [5, 5.41) is 3.67. The summed E-state index contributed by atoms with van der Waals surface area (Å²) in [6.45, 7) is 11.1. The van der Waals surface area contributed by atoms with E-state index in [4.69, 9.17) is 4.74 Å². The summed E-state index contributed by atoms with van der Waals surface area (Å²) in [6, 6.07) is 1.49. The molecule has 0 aromatic carbocycles. The minimum absolute atomic E-state index is 0.399. The van der Waals surface area contributed by atoms with Gasteiger partial charge in [-0.2, -0.15) is 0 Å². The highest BCUT2D eigenvalue weighted by molar-refractivity contribution is 4.86. The van der Waals surface area contributed by atoms with Gasteiger partial charge in [0.05, 0.1) is 12.7 Å². The molecule has 0 bridgehead atoms. The molecule has 16 heavy (non-hydrogen) atoms. The highest BCUT2D eigenvalue weighted by Gasteiger charge is 2.28. The van der Waals surface area contributed by atoms with E-state index in [1.807, 2.05) is 0 Å². The van der Waals surface area contributed by atoms with Gasteiger partial charge >= 0.3 is 0 Å². The minimum Gasteiger partial charge on any atom is -0.376 e. The third kappa shape index (κ3) is 3.44. The lowest BCUT2D eigenvalue weighted by Gasteiger charge is -2.39. The lowest BCUT2D eigenvalue weighted by atomic mass is 10.0. The third-order valence-corrected chi connectivity index (χ3v) is 3.70. The van der Waals surface area contributed by atoms with Gasteiger partial charge in [-0.15, -0.1) is 0 Å². The summed E-state index contributed by atoms with van der Waals surface area (Å²) in [5.74, 6) is 0.719. The highest BCUT2D eigenvalue weighted by atomic mass is 16.5. The van der Waals surface area contributed by atoms with E-state index in [2.05, 4.69) is 31.0 Å². The third-order valence-electron chi connectivity index (χ3n) is 3.70. The largest absolute Gasteiger partial charge is 0.376 e. The summed E-state index contributed by atoms with van der Waals surface area (Å²) in [5.41, 5.74) is 0. The SMILES string of the molecule is CC1CN(C(CNC2CC2)C(C)C)CCO1. The standard InChI is InChI=1S/C13H26N2O/c1-10(2)13(8-14-12-4-5-12)15-6-7-16-11(3)9-15/h10-14H,4-9H2,1-3H3. The Bertz CT molecular complexity index is 216. The van der Waals surface area contributed by atoms with Crippen LogP contribution in [0.15, 0.2) is 0 Å². The van der Waals surface area contributed by atoms with Crippen molar-refractivity contribution in [2.75, 3.05) is 26.2 Å². The summed E-state index contributed by atoms with van der Waals surface area (Å²) < 4.78 is 5.61. The maximum Gasteiger partial charge on any atom is 0.0674 e. The quantitative estimate of drug-likeness (QED) is 0.768. The van der Waals surface area contributed by atoms with Crippen molar-refractivity contribution in [1.82, 2.24) is 10.2 Å². The fraction of sp³-hybridized carbons (Fsp3) is 1.00. The molecule has 2 rings (SSSR count). The molecule has 0 aromatic rings.